The molecule has 0 bridgehead atoms. The molecule has 0 radical (unpaired) electrons. The summed E-state index contributed by atoms with van der Waals surface area (Å²) in [5.74, 6) is 0.834. The van der Waals surface area contributed by atoms with Crippen LogP contribution in [0.2, 0.25) is 0 Å². The van der Waals surface area contributed by atoms with E-state index in [0.29, 0.717) is 0 Å². The van der Waals surface area contributed by atoms with Gasteiger partial charge in [0, 0.05) is 22.7 Å². The predicted octanol–water partition coefficient (Wildman–Crippen LogP) is 1.96. The molecular weight excluding hydrogens is 228 g/mol. The monoisotopic (exact) mass is 246 g/mol. The Morgan fingerprint density at radius 2 is 2.28 bits per heavy atom. The van der Waals surface area contributed by atoms with E-state index in [1.807, 2.05) is 18.3 Å². The summed E-state index contributed by atoms with van der Waals surface area (Å²) in [5, 5.41) is 14.6. The fourth-order valence-corrected chi connectivity index (χ4v) is 2.70. The van der Waals surface area contributed by atoms with Crippen molar-refractivity contribution in [2.45, 2.75) is 25.0 Å². The van der Waals surface area contributed by atoms with Crippen molar-refractivity contribution in [2.75, 3.05) is 13.7 Å². The van der Waals surface area contributed by atoms with Crippen LogP contribution in [0.15, 0.2) is 24.4 Å². The molecule has 18 heavy (non-hydrogen) atoms. The Morgan fingerprint density at radius 3 is 3.06 bits per heavy atom. The number of benzene rings is 1. The van der Waals surface area contributed by atoms with E-state index in [0.717, 1.165) is 41.6 Å². The van der Waals surface area contributed by atoms with Gasteiger partial charge in [-0.3, -0.25) is 0 Å². The van der Waals surface area contributed by atoms with Gasteiger partial charge in [0.2, 0.25) is 0 Å². The van der Waals surface area contributed by atoms with E-state index >= 15 is 0 Å². The first-order chi connectivity index (χ1) is 8.79. The van der Waals surface area contributed by atoms with Crippen LogP contribution in [0.1, 0.15) is 24.4 Å². The maximum absolute atomic E-state index is 10.1. The Balaban J connectivity index is 2.07. The van der Waals surface area contributed by atoms with Crippen LogP contribution in [0.5, 0.6) is 5.75 Å². The summed E-state index contributed by atoms with van der Waals surface area (Å²) in [6.07, 6.45) is 3.42. The number of hydrogen-bond acceptors (Lipinski definition) is 3. The number of H-pyrrole nitrogens is 1. The maximum Gasteiger partial charge on any atom is 0.124 e. The van der Waals surface area contributed by atoms with Crippen LogP contribution in [-0.4, -0.2) is 29.8 Å². The molecule has 0 aliphatic carbocycles. The zero-order chi connectivity index (χ0) is 12.5. The molecule has 2 aromatic rings. The van der Waals surface area contributed by atoms with Crippen LogP contribution < -0.4 is 10.1 Å². The summed E-state index contributed by atoms with van der Waals surface area (Å²) >= 11 is 0. The first-order valence-electron chi connectivity index (χ1n) is 6.36. The average molecular weight is 246 g/mol. The topological polar surface area (TPSA) is 57.3 Å². The van der Waals surface area contributed by atoms with Crippen LogP contribution in [-0.2, 0) is 0 Å². The third kappa shape index (κ3) is 1.87. The Kier molecular flexibility index (Phi) is 2.97. The van der Waals surface area contributed by atoms with Gasteiger partial charge >= 0.3 is 0 Å². The number of rotatable bonds is 2. The molecule has 1 aliphatic rings. The van der Waals surface area contributed by atoms with E-state index in [2.05, 4.69) is 16.4 Å². The number of aromatic amines is 1. The number of aromatic nitrogens is 1. The molecular formula is C14H18N2O2. The molecule has 96 valence electrons. The predicted molar refractivity (Wildman–Crippen MR) is 70.8 cm³/mol. The van der Waals surface area contributed by atoms with E-state index < -0.39 is 0 Å². The maximum atomic E-state index is 10.1. The summed E-state index contributed by atoms with van der Waals surface area (Å²) in [6, 6.07) is 6.07. The van der Waals surface area contributed by atoms with Gasteiger partial charge in [0.25, 0.3) is 0 Å². The lowest BCUT2D eigenvalue weighted by molar-refractivity contribution is 0.0953. The highest BCUT2D eigenvalue weighted by Crippen LogP contribution is 2.33. The van der Waals surface area contributed by atoms with Crippen molar-refractivity contribution in [1.29, 1.82) is 0 Å². The fourth-order valence-electron chi connectivity index (χ4n) is 2.70. The highest BCUT2D eigenvalue weighted by molar-refractivity contribution is 5.82. The van der Waals surface area contributed by atoms with Crippen molar-refractivity contribution < 1.29 is 9.84 Å². The van der Waals surface area contributed by atoms with Crippen LogP contribution >= 0.6 is 0 Å². The molecule has 1 fully saturated rings. The lowest BCUT2D eigenvalue weighted by atomic mass is 9.93. The number of fused-ring (bicyclic) bond motifs is 1. The Labute approximate surface area is 106 Å². The van der Waals surface area contributed by atoms with E-state index in [4.69, 9.17) is 4.74 Å². The van der Waals surface area contributed by atoms with Gasteiger partial charge in [-0.05, 0) is 37.6 Å². The smallest absolute Gasteiger partial charge is 0.124 e. The summed E-state index contributed by atoms with van der Waals surface area (Å²) in [5.41, 5.74) is 2.10. The van der Waals surface area contributed by atoms with Crippen molar-refractivity contribution in [3.63, 3.8) is 0 Å². The van der Waals surface area contributed by atoms with Gasteiger partial charge in [-0.15, -0.1) is 0 Å². The molecule has 2 unspecified atom stereocenters. The number of hydrogen-bond donors (Lipinski definition) is 3. The summed E-state index contributed by atoms with van der Waals surface area (Å²) < 4.78 is 5.46. The SMILES string of the molecule is COc1cc2cc[nH]c2cc1C1NCCCC1O. The highest BCUT2D eigenvalue weighted by Gasteiger charge is 2.27. The second-order valence-electron chi connectivity index (χ2n) is 4.80. The molecule has 0 saturated carbocycles. The minimum atomic E-state index is -0.347. The fraction of sp³-hybridized carbons (Fsp3) is 0.429. The van der Waals surface area contributed by atoms with Gasteiger partial charge in [-0.1, -0.05) is 0 Å². The van der Waals surface area contributed by atoms with Gasteiger partial charge in [0.1, 0.15) is 5.75 Å². The first-order valence-corrected chi connectivity index (χ1v) is 6.36. The third-order valence-electron chi connectivity index (χ3n) is 3.66. The molecule has 1 aromatic heterocycles. The van der Waals surface area contributed by atoms with Gasteiger partial charge in [-0.25, -0.2) is 0 Å². The Hall–Kier alpha value is -1.52. The summed E-state index contributed by atoms with van der Waals surface area (Å²) in [7, 11) is 1.67. The molecule has 4 heteroatoms. The molecule has 1 saturated heterocycles. The molecule has 4 nitrogen and oxygen atoms in total. The molecule has 0 amide bonds. The van der Waals surface area contributed by atoms with Crippen LogP contribution in [0, 0.1) is 0 Å². The number of methoxy groups -OCH3 is 1. The molecule has 3 rings (SSSR count). The lowest BCUT2D eigenvalue weighted by Crippen LogP contribution is -2.37. The van der Waals surface area contributed by atoms with Crippen LogP contribution in [0.25, 0.3) is 10.9 Å². The standard InChI is InChI=1S/C14H18N2O2/c1-18-13-7-9-4-6-15-11(9)8-10(13)14-12(17)3-2-5-16-14/h4,6-8,12,14-17H,2-3,5H2,1H3. The van der Waals surface area contributed by atoms with Crippen molar-refractivity contribution in [1.82, 2.24) is 10.3 Å². The number of aliphatic hydroxyl groups is 1. The second-order valence-corrected chi connectivity index (χ2v) is 4.80. The van der Waals surface area contributed by atoms with Gasteiger partial charge in [0.15, 0.2) is 0 Å². The lowest BCUT2D eigenvalue weighted by Gasteiger charge is -2.30. The van der Waals surface area contributed by atoms with E-state index in [1.165, 1.54) is 0 Å². The van der Waals surface area contributed by atoms with Gasteiger partial charge in [-0.2, -0.15) is 0 Å². The molecule has 2 atom stereocenters. The molecule has 2 heterocycles. The molecule has 1 aromatic carbocycles. The van der Waals surface area contributed by atoms with Gasteiger partial charge in [0.05, 0.1) is 19.3 Å². The normalized spacial score (nSPS) is 24.3. The third-order valence-corrected chi connectivity index (χ3v) is 3.66. The van der Waals surface area contributed by atoms with E-state index in [1.54, 1.807) is 7.11 Å². The molecule has 0 spiro atoms. The largest absolute Gasteiger partial charge is 0.496 e. The highest BCUT2D eigenvalue weighted by atomic mass is 16.5. The van der Waals surface area contributed by atoms with Crippen LogP contribution in [0.3, 0.4) is 0 Å². The first kappa shape index (κ1) is 11.6. The quantitative estimate of drug-likeness (QED) is 0.759. The number of aliphatic hydroxyl groups excluding tert-OH is 1. The second kappa shape index (κ2) is 4.63. The van der Waals surface area contributed by atoms with Crippen molar-refractivity contribution >= 4 is 10.9 Å². The zero-order valence-electron chi connectivity index (χ0n) is 10.4. The molecule has 3 N–H and O–H groups in total. The Morgan fingerprint density at radius 1 is 1.39 bits per heavy atom. The number of nitrogens with one attached hydrogen (secondary N) is 2. The van der Waals surface area contributed by atoms with E-state index in [9.17, 15) is 5.11 Å². The Bertz CT molecular complexity index is 550. The summed E-state index contributed by atoms with van der Waals surface area (Å²) in [6.45, 7) is 0.938. The van der Waals surface area contributed by atoms with E-state index in [-0.39, 0.29) is 12.1 Å². The number of piperidine rings is 1. The summed E-state index contributed by atoms with van der Waals surface area (Å²) in [4.78, 5) is 3.20. The molecule has 1 aliphatic heterocycles. The van der Waals surface area contributed by atoms with Crippen molar-refractivity contribution in [3.8, 4) is 5.75 Å². The minimum absolute atomic E-state index is 0.0404. The zero-order valence-corrected chi connectivity index (χ0v) is 10.4. The number of ether oxygens (including phenoxy) is 1. The van der Waals surface area contributed by atoms with Crippen molar-refractivity contribution in [3.05, 3.63) is 30.0 Å². The minimum Gasteiger partial charge on any atom is -0.496 e. The van der Waals surface area contributed by atoms with Crippen molar-refractivity contribution in [2.24, 2.45) is 0 Å². The van der Waals surface area contributed by atoms with Crippen LogP contribution in [0.4, 0.5) is 0 Å². The average Bonchev–Trinajstić information content (AvgIpc) is 2.85. The van der Waals surface area contributed by atoms with Gasteiger partial charge < -0.3 is 20.1 Å².